The first kappa shape index (κ1) is 10.6. The van der Waals surface area contributed by atoms with E-state index < -0.39 is 5.91 Å². The molecule has 0 aliphatic heterocycles. The van der Waals surface area contributed by atoms with Crippen LogP contribution in [-0.4, -0.2) is 25.1 Å². The molecule has 0 fully saturated rings. The molecule has 2 N–H and O–H groups in total. The minimum Gasteiger partial charge on any atom is -0.494 e. The number of nitrogens with zero attached hydrogens (tertiary/aromatic N) is 1. The van der Waals surface area contributed by atoms with Crippen LogP contribution in [0.3, 0.4) is 0 Å². The van der Waals surface area contributed by atoms with Crippen LogP contribution in [0, 0.1) is 0 Å². The third kappa shape index (κ3) is 1.72. The molecule has 0 saturated carbocycles. The Bertz CT molecular complexity index is 368. The van der Waals surface area contributed by atoms with E-state index in [1.54, 1.807) is 0 Å². The molecule has 0 unspecified atom stereocenters. The molecule has 0 aromatic carbocycles. The fourth-order valence-corrected chi connectivity index (χ4v) is 1.25. The molecular formula is C8H9ClN2O3. The van der Waals surface area contributed by atoms with Gasteiger partial charge in [-0.05, 0) is 0 Å². The highest BCUT2D eigenvalue weighted by atomic mass is 35.5. The second-order valence-corrected chi connectivity index (χ2v) is 2.80. The van der Waals surface area contributed by atoms with Gasteiger partial charge in [-0.2, -0.15) is 0 Å². The maximum Gasteiger partial charge on any atom is 0.258 e. The van der Waals surface area contributed by atoms with Gasteiger partial charge in [-0.3, -0.25) is 4.79 Å². The maximum atomic E-state index is 11.1. The van der Waals surface area contributed by atoms with E-state index in [0.717, 1.165) is 0 Å². The summed E-state index contributed by atoms with van der Waals surface area (Å²) in [4.78, 5) is 14.9. The quantitative estimate of drug-likeness (QED) is 0.813. The summed E-state index contributed by atoms with van der Waals surface area (Å²) in [5.41, 5.74) is 5.18. The predicted molar refractivity (Wildman–Crippen MR) is 50.9 cm³/mol. The Kier molecular flexibility index (Phi) is 3.14. The molecule has 0 aliphatic rings. The first-order valence-electron chi connectivity index (χ1n) is 3.68. The second-order valence-electron chi connectivity index (χ2n) is 2.39. The molecule has 14 heavy (non-hydrogen) atoms. The number of pyridine rings is 1. The summed E-state index contributed by atoms with van der Waals surface area (Å²) in [6.45, 7) is 0. The number of carbonyl (C=O) groups excluding carboxylic acids is 1. The van der Waals surface area contributed by atoms with E-state index in [2.05, 4.69) is 4.98 Å². The van der Waals surface area contributed by atoms with Crippen molar-refractivity contribution in [2.24, 2.45) is 5.73 Å². The number of halogens is 1. The Morgan fingerprint density at radius 1 is 1.50 bits per heavy atom. The van der Waals surface area contributed by atoms with Gasteiger partial charge in [0.25, 0.3) is 5.91 Å². The molecule has 1 aromatic heterocycles. The summed E-state index contributed by atoms with van der Waals surface area (Å²) in [6, 6.07) is 0. The van der Waals surface area contributed by atoms with Gasteiger partial charge in [-0.15, -0.1) is 0 Å². The fourth-order valence-electron chi connectivity index (χ4n) is 1.03. The van der Waals surface area contributed by atoms with Crippen molar-refractivity contribution in [3.05, 3.63) is 16.8 Å². The molecule has 5 nitrogen and oxygen atoms in total. The standard InChI is InChI=1S/C8H9ClN2O3/c1-13-6-4(9)3-11-8(14-2)5(6)7(10)12/h3H,1-2H3,(H2,10,12). The van der Waals surface area contributed by atoms with Crippen molar-refractivity contribution in [1.82, 2.24) is 4.98 Å². The van der Waals surface area contributed by atoms with Gasteiger partial charge >= 0.3 is 0 Å². The molecule has 1 aromatic rings. The summed E-state index contributed by atoms with van der Waals surface area (Å²) in [7, 11) is 2.76. The van der Waals surface area contributed by atoms with E-state index in [-0.39, 0.29) is 22.2 Å². The van der Waals surface area contributed by atoms with E-state index in [1.807, 2.05) is 0 Å². The topological polar surface area (TPSA) is 74.4 Å². The van der Waals surface area contributed by atoms with Gasteiger partial charge < -0.3 is 15.2 Å². The first-order chi connectivity index (χ1) is 6.61. The van der Waals surface area contributed by atoms with Gasteiger partial charge in [0.05, 0.1) is 20.4 Å². The molecule has 0 aliphatic carbocycles. The lowest BCUT2D eigenvalue weighted by molar-refractivity contribution is 0.0993. The number of hydrogen-bond donors (Lipinski definition) is 1. The second kappa shape index (κ2) is 4.15. The summed E-state index contributed by atoms with van der Waals surface area (Å²) in [5, 5.41) is 0.210. The van der Waals surface area contributed by atoms with Crippen molar-refractivity contribution < 1.29 is 14.3 Å². The Balaban J connectivity index is 3.43. The Morgan fingerprint density at radius 3 is 2.57 bits per heavy atom. The molecule has 0 spiro atoms. The summed E-state index contributed by atoms with van der Waals surface area (Å²) >= 11 is 5.75. The molecular weight excluding hydrogens is 208 g/mol. The Morgan fingerprint density at radius 2 is 2.14 bits per heavy atom. The predicted octanol–water partition coefficient (Wildman–Crippen LogP) is 0.851. The van der Waals surface area contributed by atoms with Gasteiger partial charge in [0.15, 0.2) is 5.75 Å². The average Bonchev–Trinajstić information content (AvgIpc) is 2.17. The molecule has 1 rings (SSSR count). The van der Waals surface area contributed by atoms with E-state index >= 15 is 0 Å². The van der Waals surface area contributed by atoms with E-state index in [4.69, 9.17) is 26.8 Å². The monoisotopic (exact) mass is 216 g/mol. The third-order valence-electron chi connectivity index (χ3n) is 1.60. The minimum absolute atomic E-state index is 0.0440. The van der Waals surface area contributed by atoms with Gasteiger partial charge in [0.2, 0.25) is 5.88 Å². The van der Waals surface area contributed by atoms with Crippen LogP contribution >= 0.6 is 11.6 Å². The fraction of sp³-hybridized carbons (Fsp3) is 0.250. The van der Waals surface area contributed by atoms with Crippen molar-refractivity contribution in [3.63, 3.8) is 0 Å². The van der Waals surface area contributed by atoms with Crippen LogP contribution in [0.1, 0.15) is 10.4 Å². The van der Waals surface area contributed by atoms with E-state index in [9.17, 15) is 4.79 Å². The molecule has 0 bridgehead atoms. The van der Waals surface area contributed by atoms with Crippen LogP contribution in [0.5, 0.6) is 11.6 Å². The van der Waals surface area contributed by atoms with Crippen molar-refractivity contribution >= 4 is 17.5 Å². The highest BCUT2D eigenvalue weighted by Gasteiger charge is 2.19. The summed E-state index contributed by atoms with van der Waals surface area (Å²) in [6.07, 6.45) is 1.33. The molecule has 76 valence electrons. The van der Waals surface area contributed by atoms with Crippen LogP contribution in [0.25, 0.3) is 0 Å². The molecule has 6 heteroatoms. The number of nitrogens with two attached hydrogens (primary N) is 1. The van der Waals surface area contributed by atoms with Crippen molar-refractivity contribution in [2.75, 3.05) is 14.2 Å². The van der Waals surface area contributed by atoms with Gasteiger partial charge in [-0.25, -0.2) is 4.98 Å². The van der Waals surface area contributed by atoms with Gasteiger partial charge in [-0.1, -0.05) is 11.6 Å². The van der Waals surface area contributed by atoms with Crippen molar-refractivity contribution in [1.29, 1.82) is 0 Å². The largest absolute Gasteiger partial charge is 0.494 e. The van der Waals surface area contributed by atoms with Crippen LogP contribution in [0.15, 0.2) is 6.20 Å². The Labute approximate surface area is 85.8 Å². The summed E-state index contributed by atoms with van der Waals surface area (Å²) < 4.78 is 9.78. The van der Waals surface area contributed by atoms with E-state index in [1.165, 1.54) is 20.4 Å². The molecule has 0 atom stereocenters. The van der Waals surface area contributed by atoms with E-state index in [0.29, 0.717) is 0 Å². The molecule has 1 heterocycles. The number of aromatic nitrogens is 1. The van der Waals surface area contributed by atoms with Crippen LogP contribution in [0.4, 0.5) is 0 Å². The lowest BCUT2D eigenvalue weighted by atomic mass is 10.2. The van der Waals surface area contributed by atoms with Crippen molar-refractivity contribution in [2.45, 2.75) is 0 Å². The summed E-state index contributed by atoms with van der Waals surface area (Å²) in [5.74, 6) is -0.432. The minimum atomic E-state index is -0.700. The lowest BCUT2D eigenvalue weighted by Gasteiger charge is -2.10. The zero-order valence-electron chi connectivity index (χ0n) is 7.70. The number of rotatable bonds is 3. The van der Waals surface area contributed by atoms with Gasteiger partial charge in [0.1, 0.15) is 10.6 Å². The van der Waals surface area contributed by atoms with Crippen LogP contribution in [-0.2, 0) is 0 Å². The maximum absolute atomic E-state index is 11.1. The molecule has 0 saturated heterocycles. The number of ether oxygens (including phenoxy) is 2. The highest BCUT2D eigenvalue weighted by Crippen LogP contribution is 2.32. The SMILES string of the molecule is COc1ncc(Cl)c(OC)c1C(N)=O. The average molecular weight is 217 g/mol. The molecule has 0 radical (unpaired) electrons. The number of methoxy groups -OCH3 is 2. The first-order valence-corrected chi connectivity index (χ1v) is 4.05. The van der Waals surface area contributed by atoms with Crippen LogP contribution in [0.2, 0.25) is 5.02 Å². The van der Waals surface area contributed by atoms with Gasteiger partial charge in [0, 0.05) is 0 Å². The number of hydrogen-bond acceptors (Lipinski definition) is 4. The zero-order valence-corrected chi connectivity index (χ0v) is 8.46. The smallest absolute Gasteiger partial charge is 0.258 e. The normalized spacial score (nSPS) is 9.64. The number of carbonyl (C=O) groups is 1. The van der Waals surface area contributed by atoms with Crippen LogP contribution < -0.4 is 15.2 Å². The molecule has 1 amide bonds. The lowest BCUT2D eigenvalue weighted by Crippen LogP contribution is -2.15. The highest BCUT2D eigenvalue weighted by molar-refractivity contribution is 6.32. The van der Waals surface area contributed by atoms with Crippen molar-refractivity contribution in [3.8, 4) is 11.6 Å². The Hall–Kier alpha value is -1.49. The zero-order chi connectivity index (χ0) is 10.7. The number of primary amides is 1. The number of amides is 1. The third-order valence-corrected chi connectivity index (χ3v) is 1.87.